The number of carbonyl (C=O) groups excluding carboxylic acids is 4. The van der Waals surface area contributed by atoms with Crippen molar-refractivity contribution in [2.24, 2.45) is 0 Å². The molecule has 0 aliphatic carbocycles. The first-order chi connectivity index (χ1) is 26.0. The van der Waals surface area contributed by atoms with Crippen LogP contribution in [0.3, 0.4) is 0 Å². The third-order valence-electron chi connectivity index (χ3n) is 10.9. The summed E-state index contributed by atoms with van der Waals surface area (Å²) in [5.74, 6) is -1.01. The molecule has 4 aromatic carbocycles. The molecule has 11 nitrogen and oxygen atoms in total. The standard InChI is InChI=1S/C42H46N4O7/c47-39-31-11-5-9-29-35(43-17-1-2-18-43)15-13-33(37(29)31)41(49)45(39)21-7-23-51-25-27-53-28-26-52-24-8-22-46-40(48)32-12-6-10-30-36(44-19-3-4-20-44)16-14-34(38(30)32)42(46)50/h5-6,9-16H,1-4,7-8,17-28H2. The van der Waals surface area contributed by atoms with Crippen molar-refractivity contribution in [1.82, 2.24) is 9.80 Å². The monoisotopic (exact) mass is 718 g/mol. The third kappa shape index (κ3) is 6.77. The first-order valence-electron chi connectivity index (χ1n) is 19.1. The molecule has 0 unspecified atom stereocenters. The SMILES string of the molecule is O=C1c2cccc3c(N4CCCC4)ccc(c23)C(=O)N1CCCOCCOCCOCCCN1C(=O)c2cccc3c(N4CCCC4)ccc(c23)C1=O. The summed E-state index contributed by atoms with van der Waals surface area (Å²) >= 11 is 0. The molecule has 0 atom stereocenters. The lowest BCUT2D eigenvalue weighted by Crippen LogP contribution is -2.41. The smallest absolute Gasteiger partial charge is 0.261 e. The Hall–Kier alpha value is -4.84. The molecule has 11 heteroatoms. The van der Waals surface area contributed by atoms with Crippen molar-refractivity contribution >= 4 is 56.5 Å². The summed E-state index contributed by atoms with van der Waals surface area (Å²) in [6.45, 7) is 6.88. The molecular formula is C42H46N4O7. The molecule has 0 saturated carbocycles. The van der Waals surface area contributed by atoms with Crippen LogP contribution in [0.15, 0.2) is 60.7 Å². The van der Waals surface area contributed by atoms with Gasteiger partial charge in [-0.25, -0.2) is 0 Å². The number of carbonyl (C=O) groups is 4. The van der Waals surface area contributed by atoms with Crippen molar-refractivity contribution < 1.29 is 33.4 Å². The molecule has 4 aliphatic rings. The van der Waals surface area contributed by atoms with Gasteiger partial charge in [-0.15, -0.1) is 0 Å². The van der Waals surface area contributed by atoms with E-state index in [9.17, 15) is 19.2 Å². The topological polar surface area (TPSA) is 109 Å². The highest BCUT2D eigenvalue weighted by Crippen LogP contribution is 2.38. The van der Waals surface area contributed by atoms with E-state index < -0.39 is 0 Å². The minimum Gasteiger partial charge on any atom is -0.379 e. The highest BCUT2D eigenvalue weighted by molar-refractivity contribution is 6.28. The Bertz CT molecular complexity index is 1860. The fourth-order valence-electron chi connectivity index (χ4n) is 8.33. The zero-order valence-corrected chi connectivity index (χ0v) is 30.1. The normalized spacial score (nSPS) is 17.1. The van der Waals surface area contributed by atoms with Gasteiger partial charge in [0.15, 0.2) is 0 Å². The number of imide groups is 2. The van der Waals surface area contributed by atoms with Crippen LogP contribution in [0.25, 0.3) is 21.5 Å². The highest BCUT2D eigenvalue weighted by Gasteiger charge is 2.35. The molecule has 4 aliphatic heterocycles. The van der Waals surface area contributed by atoms with Gasteiger partial charge in [0.25, 0.3) is 23.6 Å². The number of anilines is 2. The Labute approximate surface area is 309 Å². The average molecular weight is 719 g/mol. The maximum Gasteiger partial charge on any atom is 0.261 e. The quantitative estimate of drug-likeness (QED) is 0.103. The lowest BCUT2D eigenvalue weighted by Gasteiger charge is -2.29. The van der Waals surface area contributed by atoms with Crippen LogP contribution in [0.5, 0.6) is 0 Å². The third-order valence-corrected chi connectivity index (χ3v) is 10.9. The minimum absolute atomic E-state index is 0.251. The molecule has 0 radical (unpaired) electrons. The average Bonchev–Trinajstić information content (AvgIpc) is 3.92. The summed E-state index contributed by atoms with van der Waals surface area (Å²) in [4.78, 5) is 61.0. The van der Waals surface area contributed by atoms with Crippen LogP contribution in [0.4, 0.5) is 11.4 Å². The van der Waals surface area contributed by atoms with Gasteiger partial charge in [0.1, 0.15) is 0 Å². The summed E-state index contributed by atoms with van der Waals surface area (Å²) in [5, 5.41) is 3.47. The van der Waals surface area contributed by atoms with E-state index in [0.29, 0.717) is 74.7 Å². The molecule has 4 aromatic rings. The lowest BCUT2D eigenvalue weighted by molar-refractivity contribution is 0.0118. The predicted molar refractivity (Wildman–Crippen MR) is 203 cm³/mol. The molecule has 2 saturated heterocycles. The fourth-order valence-corrected chi connectivity index (χ4v) is 8.33. The number of amides is 4. The fraction of sp³-hybridized carbons (Fsp3) is 0.429. The van der Waals surface area contributed by atoms with Crippen molar-refractivity contribution in [1.29, 1.82) is 0 Å². The molecule has 2 fully saturated rings. The van der Waals surface area contributed by atoms with Crippen molar-refractivity contribution in [3.8, 4) is 0 Å². The first-order valence-corrected chi connectivity index (χ1v) is 19.1. The number of rotatable bonds is 16. The number of hydrogen-bond donors (Lipinski definition) is 0. The molecule has 0 bridgehead atoms. The van der Waals surface area contributed by atoms with E-state index in [0.717, 1.165) is 84.8 Å². The molecule has 276 valence electrons. The van der Waals surface area contributed by atoms with Gasteiger partial charge >= 0.3 is 0 Å². The number of ether oxygens (including phenoxy) is 3. The molecule has 4 heterocycles. The van der Waals surface area contributed by atoms with E-state index >= 15 is 0 Å². The van der Waals surface area contributed by atoms with Crippen LogP contribution in [0.1, 0.15) is 80.0 Å². The molecule has 8 rings (SSSR count). The van der Waals surface area contributed by atoms with Crippen molar-refractivity contribution in [3.05, 3.63) is 82.9 Å². The van der Waals surface area contributed by atoms with Gasteiger partial charge in [-0.1, -0.05) is 24.3 Å². The Kier molecular flexibility index (Phi) is 10.4. The van der Waals surface area contributed by atoms with Gasteiger partial charge in [-0.3, -0.25) is 29.0 Å². The number of nitrogens with zero attached hydrogens (tertiary/aromatic N) is 4. The highest BCUT2D eigenvalue weighted by atomic mass is 16.5. The van der Waals surface area contributed by atoms with Crippen molar-refractivity contribution in [2.45, 2.75) is 38.5 Å². The summed E-state index contributed by atoms with van der Waals surface area (Å²) in [5.41, 5.74) is 4.52. The van der Waals surface area contributed by atoms with Gasteiger partial charge in [-0.05, 0) is 74.9 Å². The Morgan fingerprint density at radius 1 is 0.434 bits per heavy atom. The summed E-state index contributed by atoms with van der Waals surface area (Å²) in [7, 11) is 0. The zero-order chi connectivity index (χ0) is 36.3. The predicted octanol–water partition coefficient (Wildman–Crippen LogP) is 5.92. The minimum atomic E-state index is -0.251. The Morgan fingerprint density at radius 3 is 1.19 bits per heavy atom. The summed E-state index contributed by atoms with van der Waals surface area (Å²) in [6, 6.07) is 19.3. The van der Waals surface area contributed by atoms with Gasteiger partial charge in [0, 0.05) is 108 Å². The van der Waals surface area contributed by atoms with E-state index in [1.807, 2.05) is 60.7 Å². The maximum absolute atomic E-state index is 13.4. The van der Waals surface area contributed by atoms with E-state index in [1.54, 1.807) is 0 Å². The molecule has 53 heavy (non-hydrogen) atoms. The second-order valence-electron chi connectivity index (χ2n) is 14.2. The molecule has 0 spiro atoms. The second kappa shape index (κ2) is 15.6. The van der Waals surface area contributed by atoms with E-state index in [2.05, 4.69) is 9.80 Å². The van der Waals surface area contributed by atoms with E-state index in [4.69, 9.17) is 14.2 Å². The molecule has 0 N–H and O–H groups in total. The van der Waals surface area contributed by atoms with Gasteiger partial charge in [0.05, 0.1) is 26.4 Å². The second-order valence-corrected chi connectivity index (χ2v) is 14.2. The Balaban J connectivity index is 0.717. The largest absolute Gasteiger partial charge is 0.379 e. The van der Waals surface area contributed by atoms with Crippen LogP contribution < -0.4 is 9.80 Å². The summed E-state index contributed by atoms with van der Waals surface area (Å²) < 4.78 is 17.1. The van der Waals surface area contributed by atoms with Gasteiger partial charge in [-0.2, -0.15) is 0 Å². The Morgan fingerprint density at radius 2 is 0.792 bits per heavy atom. The van der Waals surface area contributed by atoms with Crippen LogP contribution in [-0.4, -0.2) is 112 Å². The summed E-state index contributed by atoms with van der Waals surface area (Å²) in [6.07, 6.45) is 5.67. The zero-order valence-electron chi connectivity index (χ0n) is 30.1. The lowest BCUT2D eigenvalue weighted by atomic mass is 9.92. The van der Waals surface area contributed by atoms with Gasteiger partial charge in [0.2, 0.25) is 0 Å². The van der Waals surface area contributed by atoms with E-state index in [1.165, 1.54) is 9.80 Å². The molecule has 0 aromatic heterocycles. The van der Waals surface area contributed by atoms with Crippen LogP contribution in [0.2, 0.25) is 0 Å². The van der Waals surface area contributed by atoms with Crippen LogP contribution >= 0.6 is 0 Å². The van der Waals surface area contributed by atoms with Crippen molar-refractivity contribution in [3.63, 3.8) is 0 Å². The van der Waals surface area contributed by atoms with Gasteiger partial charge < -0.3 is 24.0 Å². The number of hydrogen-bond acceptors (Lipinski definition) is 9. The van der Waals surface area contributed by atoms with E-state index in [-0.39, 0.29) is 36.7 Å². The first kappa shape index (κ1) is 35.2. The molecule has 4 amide bonds. The molecular weight excluding hydrogens is 672 g/mol. The maximum atomic E-state index is 13.4. The van der Waals surface area contributed by atoms with Crippen LogP contribution in [0, 0.1) is 0 Å². The van der Waals surface area contributed by atoms with Crippen LogP contribution in [-0.2, 0) is 14.2 Å². The number of benzene rings is 4. The van der Waals surface area contributed by atoms with Crippen molar-refractivity contribution in [2.75, 3.05) is 88.7 Å².